The molecule has 0 spiro atoms. The van der Waals surface area contributed by atoms with E-state index in [0.29, 0.717) is 29.5 Å². The largest absolute Gasteiger partial charge is 0.487 e. The summed E-state index contributed by atoms with van der Waals surface area (Å²) in [5.41, 5.74) is 2.36. The molecule has 26 heavy (non-hydrogen) atoms. The summed E-state index contributed by atoms with van der Waals surface area (Å²) < 4.78 is 8.31. The number of rotatable bonds is 6. The van der Waals surface area contributed by atoms with Gasteiger partial charge in [-0.25, -0.2) is 0 Å². The van der Waals surface area contributed by atoms with Crippen LogP contribution in [0.15, 0.2) is 59.2 Å². The normalized spacial score (nSPS) is 10.6. The summed E-state index contributed by atoms with van der Waals surface area (Å²) in [4.78, 5) is 12.4. The van der Waals surface area contributed by atoms with Crippen LogP contribution in [-0.4, -0.2) is 15.7 Å². The summed E-state index contributed by atoms with van der Waals surface area (Å²) in [7, 11) is 1.83. The number of ether oxygens (including phenoxy) is 1. The highest BCUT2D eigenvalue weighted by atomic mass is 79.9. The number of nitrogens with zero attached hydrogens (tertiary/aromatic N) is 2. The number of benzene rings is 2. The molecular weight excluding hydrogens is 418 g/mol. The van der Waals surface area contributed by atoms with E-state index in [0.717, 1.165) is 15.7 Å². The smallest absolute Gasteiger partial charge is 0.251 e. The zero-order chi connectivity index (χ0) is 18.5. The van der Waals surface area contributed by atoms with Gasteiger partial charge in [0.2, 0.25) is 0 Å². The molecule has 0 bridgehead atoms. The Morgan fingerprint density at radius 2 is 2.08 bits per heavy atom. The molecule has 0 fully saturated rings. The van der Waals surface area contributed by atoms with E-state index in [1.165, 1.54) is 0 Å². The highest BCUT2D eigenvalue weighted by Gasteiger charge is 2.10. The molecule has 5 nitrogen and oxygen atoms in total. The number of nitrogens with one attached hydrogen (secondary N) is 1. The Morgan fingerprint density at radius 1 is 1.27 bits per heavy atom. The lowest BCUT2D eigenvalue weighted by atomic mass is 10.1. The number of hydrogen-bond acceptors (Lipinski definition) is 3. The van der Waals surface area contributed by atoms with Crippen molar-refractivity contribution >= 4 is 33.4 Å². The van der Waals surface area contributed by atoms with Crippen LogP contribution in [0.2, 0.25) is 5.02 Å². The van der Waals surface area contributed by atoms with Gasteiger partial charge >= 0.3 is 0 Å². The van der Waals surface area contributed by atoms with Crippen molar-refractivity contribution in [3.63, 3.8) is 0 Å². The van der Waals surface area contributed by atoms with Crippen LogP contribution in [-0.2, 0) is 20.2 Å². The summed E-state index contributed by atoms with van der Waals surface area (Å²) in [5, 5.41) is 7.59. The van der Waals surface area contributed by atoms with E-state index >= 15 is 0 Å². The molecule has 1 heterocycles. The van der Waals surface area contributed by atoms with Crippen LogP contribution in [0.3, 0.4) is 0 Å². The van der Waals surface area contributed by atoms with Crippen LogP contribution in [0.1, 0.15) is 21.6 Å². The third kappa shape index (κ3) is 4.45. The fourth-order valence-electron chi connectivity index (χ4n) is 2.43. The quantitative estimate of drug-likeness (QED) is 0.628. The van der Waals surface area contributed by atoms with Gasteiger partial charge in [0.05, 0.1) is 27.9 Å². The second-order valence-corrected chi connectivity index (χ2v) is 6.93. The number of carbonyl (C=O) groups excluding carboxylic acids is 1. The minimum absolute atomic E-state index is 0.155. The number of aryl methyl sites for hydroxylation is 1. The lowest BCUT2D eigenvalue weighted by Gasteiger charge is -2.10. The predicted octanol–water partition coefficient (Wildman–Crippen LogP) is 4.35. The van der Waals surface area contributed by atoms with E-state index in [-0.39, 0.29) is 5.91 Å². The molecule has 134 valence electrons. The average Bonchev–Trinajstić information content (AvgIpc) is 2.97. The van der Waals surface area contributed by atoms with Crippen LogP contribution in [0.5, 0.6) is 5.75 Å². The van der Waals surface area contributed by atoms with Gasteiger partial charge < -0.3 is 10.1 Å². The van der Waals surface area contributed by atoms with Crippen molar-refractivity contribution in [3.05, 3.63) is 81.0 Å². The van der Waals surface area contributed by atoms with E-state index in [1.807, 2.05) is 43.4 Å². The Labute approximate surface area is 165 Å². The van der Waals surface area contributed by atoms with Crippen LogP contribution in [0, 0.1) is 0 Å². The Bertz CT molecular complexity index is 907. The molecular formula is C19H17BrClN3O2. The molecule has 0 saturated heterocycles. The van der Waals surface area contributed by atoms with Crippen molar-refractivity contribution in [1.29, 1.82) is 0 Å². The first-order valence-corrected chi connectivity index (χ1v) is 9.12. The van der Waals surface area contributed by atoms with Gasteiger partial charge in [0, 0.05) is 12.6 Å². The molecule has 7 heteroatoms. The molecule has 0 aliphatic heterocycles. The highest BCUT2D eigenvalue weighted by Crippen LogP contribution is 2.24. The first kappa shape index (κ1) is 18.5. The number of halogens is 2. The molecule has 0 aliphatic rings. The van der Waals surface area contributed by atoms with Crippen LogP contribution < -0.4 is 10.1 Å². The molecule has 2 aromatic carbocycles. The molecule has 0 unspecified atom stereocenters. The highest BCUT2D eigenvalue weighted by molar-refractivity contribution is 9.10. The van der Waals surface area contributed by atoms with Crippen LogP contribution >= 0.6 is 27.5 Å². The first-order chi connectivity index (χ1) is 12.5. The van der Waals surface area contributed by atoms with E-state index in [1.54, 1.807) is 23.0 Å². The van der Waals surface area contributed by atoms with Gasteiger partial charge in [-0.1, -0.05) is 35.9 Å². The van der Waals surface area contributed by atoms with Gasteiger partial charge in [0.15, 0.2) is 0 Å². The summed E-state index contributed by atoms with van der Waals surface area (Å²) >= 11 is 9.51. The van der Waals surface area contributed by atoms with E-state index < -0.39 is 0 Å². The average molecular weight is 435 g/mol. The zero-order valence-corrected chi connectivity index (χ0v) is 16.4. The molecule has 0 atom stereocenters. The number of para-hydroxylation sites is 1. The van der Waals surface area contributed by atoms with Crippen molar-refractivity contribution in [1.82, 2.24) is 15.1 Å². The number of aromatic nitrogens is 2. The number of amides is 1. The maximum atomic E-state index is 12.4. The third-order valence-electron chi connectivity index (χ3n) is 3.85. The van der Waals surface area contributed by atoms with Crippen molar-refractivity contribution in [2.75, 3.05) is 0 Å². The Hall–Kier alpha value is -2.31. The summed E-state index contributed by atoms with van der Waals surface area (Å²) in [6.07, 6.45) is 1.70. The van der Waals surface area contributed by atoms with Crippen molar-refractivity contribution in [2.24, 2.45) is 7.05 Å². The summed E-state index contributed by atoms with van der Waals surface area (Å²) in [5.74, 6) is 0.461. The van der Waals surface area contributed by atoms with Crippen LogP contribution in [0.4, 0.5) is 0 Å². The molecule has 1 N–H and O–H groups in total. The van der Waals surface area contributed by atoms with E-state index in [9.17, 15) is 4.79 Å². The molecule has 3 rings (SSSR count). The molecule has 3 aromatic rings. The van der Waals surface area contributed by atoms with Crippen molar-refractivity contribution in [2.45, 2.75) is 13.2 Å². The topological polar surface area (TPSA) is 56.2 Å². The van der Waals surface area contributed by atoms with Gasteiger partial charge in [0.1, 0.15) is 12.4 Å². The van der Waals surface area contributed by atoms with Gasteiger partial charge in [-0.3, -0.25) is 9.48 Å². The van der Waals surface area contributed by atoms with Gasteiger partial charge in [-0.2, -0.15) is 5.10 Å². The minimum atomic E-state index is -0.155. The lowest BCUT2D eigenvalue weighted by Crippen LogP contribution is -2.24. The zero-order valence-electron chi connectivity index (χ0n) is 14.1. The fraction of sp³-hybridized carbons (Fsp3) is 0.158. The molecule has 0 saturated carbocycles. The maximum absolute atomic E-state index is 12.4. The number of carbonyl (C=O) groups is 1. The monoisotopic (exact) mass is 433 g/mol. The Morgan fingerprint density at radius 3 is 2.81 bits per heavy atom. The molecule has 0 radical (unpaired) electrons. The van der Waals surface area contributed by atoms with E-state index in [4.69, 9.17) is 16.3 Å². The van der Waals surface area contributed by atoms with Gasteiger partial charge in [-0.15, -0.1) is 0 Å². The second kappa shape index (κ2) is 8.38. The molecule has 0 aliphatic carbocycles. The van der Waals surface area contributed by atoms with Crippen molar-refractivity contribution in [3.8, 4) is 5.75 Å². The number of hydrogen-bond donors (Lipinski definition) is 1. The third-order valence-corrected chi connectivity index (χ3v) is 4.82. The van der Waals surface area contributed by atoms with Gasteiger partial charge in [0.25, 0.3) is 5.91 Å². The molecule has 1 aromatic heterocycles. The fourth-order valence-corrected chi connectivity index (χ4v) is 3.10. The summed E-state index contributed by atoms with van der Waals surface area (Å²) in [6.45, 7) is 0.717. The Kier molecular flexibility index (Phi) is 5.96. The SMILES string of the molecule is Cn1ncc(Br)c1CNC(=O)c1cccc(COc2ccccc2Cl)c1. The second-order valence-electron chi connectivity index (χ2n) is 5.66. The Balaban J connectivity index is 1.63. The van der Waals surface area contributed by atoms with Crippen LogP contribution in [0.25, 0.3) is 0 Å². The van der Waals surface area contributed by atoms with Crippen molar-refractivity contribution < 1.29 is 9.53 Å². The minimum Gasteiger partial charge on any atom is -0.487 e. The predicted molar refractivity (Wildman–Crippen MR) is 104 cm³/mol. The van der Waals surface area contributed by atoms with Gasteiger partial charge in [-0.05, 0) is 45.8 Å². The maximum Gasteiger partial charge on any atom is 0.251 e. The molecule has 1 amide bonds. The summed E-state index contributed by atoms with van der Waals surface area (Å²) in [6, 6.07) is 14.6. The van der Waals surface area contributed by atoms with E-state index in [2.05, 4.69) is 26.3 Å². The first-order valence-electron chi connectivity index (χ1n) is 7.95. The standard InChI is InChI=1S/C19H17BrClN3O2/c1-24-17(15(20)10-23-24)11-22-19(25)14-6-4-5-13(9-14)12-26-18-8-3-2-7-16(18)21/h2-10H,11-12H2,1H3,(H,22,25). The lowest BCUT2D eigenvalue weighted by molar-refractivity contribution is 0.0950.